The van der Waals surface area contributed by atoms with Crippen LogP contribution in [0, 0.1) is 12.7 Å². The van der Waals surface area contributed by atoms with Crippen molar-refractivity contribution in [3.63, 3.8) is 0 Å². The Morgan fingerprint density at radius 1 is 1.18 bits per heavy atom. The summed E-state index contributed by atoms with van der Waals surface area (Å²) in [6.45, 7) is 6.62. The van der Waals surface area contributed by atoms with Gasteiger partial charge in [-0.3, -0.25) is 4.99 Å². The third kappa shape index (κ3) is 6.58. The molecule has 0 atom stereocenters. The highest BCUT2D eigenvalue weighted by atomic mass is 127. The number of aryl methyl sites for hydroxylation is 2. The van der Waals surface area contributed by atoms with Crippen molar-refractivity contribution < 1.29 is 4.39 Å². The molecule has 1 aliphatic heterocycles. The van der Waals surface area contributed by atoms with Crippen LogP contribution >= 0.6 is 35.3 Å². The van der Waals surface area contributed by atoms with Crippen molar-refractivity contribution in [2.75, 3.05) is 44.7 Å². The molecule has 28 heavy (non-hydrogen) atoms. The predicted octanol–water partition coefficient (Wildman–Crippen LogP) is 3.93. The van der Waals surface area contributed by atoms with Crippen LogP contribution in [0.5, 0.6) is 0 Å². The first-order valence-corrected chi connectivity index (χ1v) is 10.4. The maximum absolute atomic E-state index is 13.1. The lowest BCUT2D eigenvalue weighted by molar-refractivity contribution is 0.372. The van der Waals surface area contributed by atoms with Gasteiger partial charge in [-0.15, -0.1) is 35.3 Å². The van der Waals surface area contributed by atoms with Gasteiger partial charge in [0.05, 0.1) is 5.01 Å². The van der Waals surface area contributed by atoms with Crippen molar-refractivity contribution in [3.05, 3.63) is 46.2 Å². The first-order chi connectivity index (χ1) is 13.2. The van der Waals surface area contributed by atoms with Gasteiger partial charge < -0.3 is 15.1 Å². The van der Waals surface area contributed by atoms with E-state index in [0.29, 0.717) is 0 Å². The van der Waals surface area contributed by atoms with Gasteiger partial charge in [-0.1, -0.05) is 0 Å². The van der Waals surface area contributed by atoms with Crippen LogP contribution in [-0.2, 0) is 6.42 Å². The Morgan fingerprint density at radius 2 is 1.89 bits per heavy atom. The summed E-state index contributed by atoms with van der Waals surface area (Å²) in [7, 11) is 1.84. The summed E-state index contributed by atoms with van der Waals surface area (Å²) in [6.07, 6.45) is 3.29. The lowest BCUT2D eigenvalue weighted by Crippen LogP contribution is -2.52. The average Bonchev–Trinajstić information content (AvgIpc) is 3.11. The highest BCUT2D eigenvalue weighted by Gasteiger charge is 2.19. The fourth-order valence-electron chi connectivity index (χ4n) is 3.28. The second-order valence-corrected chi connectivity index (χ2v) is 7.71. The SMILES string of the molecule is CN=C(NCCCCc1nc(C)cs1)N1CCN(c2ccc(F)cc2)CC1.I. The van der Waals surface area contributed by atoms with E-state index in [1.54, 1.807) is 11.3 Å². The lowest BCUT2D eigenvalue weighted by Gasteiger charge is -2.37. The normalized spacial score (nSPS) is 14.8. The number of hydrogen-bond acceptors (Lipinski definition) is 4. The highest BCUT2D eigenvalue weighted by molar-refractivity contribution is 14.0. The fourth-order valence-corrected chi connectivity index (χ4v) is 4.10. The zero-order valence-corrected chi connectivity index (χ0v) is 19.7. The van der Waals surface area contributed by atoms with E-state index in [0.717, 1.165) is 69.3 Å². The number of aliphatic imine (C=N–C) groups is 1. The summed E-state index contributed by atoms with van der Waals surface area (Å²) in [5.74, 6) is 0.783. The largest absolute Gasteiger partial charge is 0.368 e. The van der Waals surface area contributed by atoms with Crippen molar-refractivity contribution in [1.29, 1.82) is 0 Å². The fraction of sp³-hybridized carbons (Fsp3) is 0.500. The highest BCUT2D eigenvalue weighted by Crippen LogP contribution is 2.17. The summed E-state index contributed by atoms with van der Waals surface area (Å²) in [5, 5.41) is 6.83. The topological polar surface area (TPSA) is 43.8 Å². The van der Waals surface area contributed by atoms with Gasteiger partial charge in [0.15, 0.2) is 5.96 Å². The Balaban J connectivity index is 0.00000280. The number of aromatic nitrogens is 1. The molecule has 0 radical (unpaired) electrons. The standard InChI is InChI=1S/C20H28FN5S.HI/c1-16-15-27-19(24-16)5-3-4-10-23-20(22-2)26-13-11-25(12-14-26)18-8-6-17(21)7-9-18;/h6-9,15H,3-5,10-14H2,1-2H3,(H,22,23);1H. The third-order valence-electron chi connectivity index (χ3n) is 4.75. The zero-order chi connectivity index (χ0) is 19.1. The number of unbranched alkanes of at least 4 members (excludes halogenated alkanes) is 1. The van der Waals surface area contributed by atoms with Crippen molar-refractivity contribution in [1.82, 2.24) is 15.2 Å². The lowest BCUT2D eigenvalue weighted by atomic mass is 10.2. The number of anilines is 1. The van der Waals surface area contributed by atoms with Crippen LogP contribution in [0.3, 0.4) is 0 Å². The molecule has 1 aromatic heterocycles. The van der Waals surface area contributed by atoms with E-state index in [1.165, 1.54) is 17.1 Å². The van der Waals surface area contributed by atoms with Gasteiger partial charge in [0.1, 0.15) is 5.82 Å². The second kappa shape index (κ2) is 11.5. The minimum atomic E-state index is -0.188. The summed E-state index contributed by atoms with van der Waals surface area (Å²) >= 11 is 1.75. The van der Waals surface area contributed by atoms with E-state index in [9.17, 15) is 4.39 Å². The molecule has 5 nitrogen and oxygen atoms in total. The molecular weight excluding hydrogens is 488 g/mol. The van der Waals surface area contributed by atoms with E-state index in [1.807, 2.05) is 26.1 Å². The molecule has 0 spiro atoms. The number of piperazine rings is 1. The molecule has 2 heterocycles. The average molecular weight is 517 g/mol. The number of benzene rings is 1. The maximum atomic E-state index is 13.1. The van der Waals surface area contributed by atoms with Crippen LogP contribution in [-0.4, -0.2) is 55.6 Å². The van der Waals surface area contributed by atoms with Gasteiger partial charge in [-0.05, 0) is 50.5 Å². The molecule has 154 valence electrons. The predicted molar refractivity (Wildman–Crippen MR) is 127 cm³/mol. The molecule has 1 N–H and O–H groups in total. The number of nitrogens with zero attached hydrogens (tertiary/aromatic N) is 4. The van der Waals surface area contributed by atoms with Crippen molar-refractivity contribution >= 4 is 47.0 Å². The van der Waals surface area contributed by atoms with E-state index in [4.69, 9.17) is 0 Å². The van der Waals surface area contributed by atoms with Gasteiger partial charge in [-0.2, -0.15) is 0 Å². The van der Waals surface area contributed by atoms with Crippen LogP contribution in [0.1, 0.15) is 23.5 Å². The molecule has 1 aliphatic rings. The quantitative estimate of drug-likeness (QED) is 0.273. The number of thiazole rings is 1. The Hall–Kier alpha value is -1.42. The maximum Gasteiger partial charge on any atom is 0.193 e. The van der Waals surface area contributed by atoms with Gasteiger partial charge >= 0.3 is 0 Å². The van der Waals surface area contributed by atoms with E-state index < -0.39 is 0 Å². The molecule has 1 aromatic carbocycles. The van der Waals surface area contributed by atoms with Crippen LogP contribution in [0.2, 0.25) is 0 Å². The molecule has 0 bridgehead atoms. The van der Waals surface area contributed by atoms with Gasteiger partial charge in [-0.25, -0.2) is 9.37 Å². The minimum absolute atomic E-state index is 0. The number of hydrogen-bond donors (Lipinski definition) is 1. The molecule has 1 saturated heterocycles. The first kappa shape index (κ1) is 22.9. The van der Waals surface area contributed by atoms with Crippen LogP contribution < -0.4 is 10.2 Å². The van der Waals surface area contributed by atoms with Crippen LogP contribution in [0.25, 0.3) is 0 Å². The molecule has 1 fully saturated rings. The number of halogens is 2. The zero-order valence-electron chi connectivity index (χ0n) is 16.5. The Kier molecular flexibility index (Phi) is 9.43. The number of guanidine groups is 1. The summed E-state index contributed by atoms with van der Waals surface area (Å²) < 4.78 is 13.1. The Morgan fingerprint density at radius 3 is 2.50 bits per heavy atom. The third-order valence-corrected chi connectivity index (χ3v) is 5.78. The van der Waals surface area contributed by atoms with Crippen molar-refractivity contribution in [3.8, 4) is 0 Å². The molecule has 0 saturated carbocycles. The minimum Gasteiger partial charge on any atom is -0.368 e. The number of nitrogens with one attached hydrogen (secondary N) is 1. The van der Waals surface area contributed by atoms with Crippen molar-refractivity contribution in [2.45, 2.75) is 26.2 Å². The summed E-state index contributed by atoms with van der Waals surface area (Å²) in [5.41, 5.74) is 2.20. The van der Waals surface area contributed by atoms with Crippen LogP contribution in [0.4, 0.5) is 10.1 Å². The van der Waals surface area contributed by atoms with E-state index in [2.05, 4.69) is 30.5 Å². The summed E-state index contributed by atoms with van der Waals surface area (Å²) in [4.78, 5) is 13.5. The molecule has 2 aromatic rings. The molecule has 3 rings (SSSR count). The van der Waals surface area contributed by atoms with Crippen LogP contribution in [0.15, 0.2) is 34.6 Å². The van der Waals surface area contributed by atoms with Gasteiger partial charge in [0.2, 0.25) is 0 Å². The molecule has 0 aliphatic carbocycles. The Bertz CT molecular complexity index is 741. The monoisotopic (exact) mass is 517 g/mol. The molecular formula is C20H29FIN5S. The molecule has 0 unspecified atom stereocenters. The Labute approximate surface area is 188 Å². The first-order valence-electron chi connectivity index (χ1n) is 9.53. The second-order valence-electron chi connectivity index (χ2n) is 6.76. The van der Waals surface area contributed by atoms with Gasteiger partial charge in [0.25, 0.3) is 0 Å². The van der Waals surface area contributed by atoms with Crippen molar-refractivity contribution in [2.24, 2.45) is 4.99 Å². The van der Waals surface area contributed by atoms with Gasteiger partial charge in [0, 0.05) is 56.5 Å². The smallest absolute Gasteiger partial charge is 0.193 e. The number of rotatable bonds is 6. The summed E-state index contributed by atoms with van der Waals surface area (Å²) in [6, 6.07) is 6.74. The van der Waals surface area contributed by atoms with E-state index in [-0.39, 0.29) is 29.8 Å². The molecule has 8 heteroatoms. The molecule has 0 amide bonds. The van der Waals surface area contributed by atoms with E-state index >= 15 is 0 Å².